The lowest BCUT2D eigenvalue weighted by molar-refractivity contribution is -0.384. The van der Waals surface area contributed by atoms with E-state index in [0.717, 1.165) is 4.90 Å². The molecule has 1 aliphatic heterocycles. The van der Waals surface area contributed by atoms with Crippen LogP contribution in [-0.2, 0) is 19.2 Å². The van der Waals surface area contributed by atoms with Gasteiger partial charge in [-0.05, 0) is 52.9 Å². The van der Waals surface area contributed by atoms with Gasteiger partial charge in [0.1, 0.15) is 11.5 Å². The number of Topliss-reactive ketones (excluding diaryl/α,β-unsaturated/α-hetero) is 1. The van der Waals surface area contributed by atoms with Gasteiger partial charge in [0.15, 0.2) is 11.6 Å². The predicted octanol–water partition coefficient (Wildman–Crippen LogP) is 4.28. The van der Waals surface area contributed by atoms with Gasteiger partial charge in [-0.1, -0.05) is 23.8 Å². The van der Waals surface area contributed by atoms with E-state index in [1.54, 1.807) is 12.1 Å². The molecule has 0 aromatic heterocycles. The summed E-state index contributed by atoms with van der Waals surface area (Å²) in [6, 6.07) is 10.0. The molecule has 2 amide bonds. The highest BCUT2D eigenvalue weighted by molar-refractivity contribution is 9.12. The van der Waals surface area contributed by atoms with Gasteiger partial charge < -0.3 is 9.84 Å². The highest BCUT2D eigenvalue weighted by atomic mass is 79.9. The summed E-state index contributed by atoms with van der Waals surface area (Å²) in [5, 5.41) is 22.3. The Balaban J connectivity index is 1.51. The zero-order valence-corrected chi connectivity index (χ0v) is 22.6. The maximum Gasteiger partial charge on any atom is 0.271 e. The maximum atomic E-state index is 13.9. The summed E-state index contributed by atoms with van der Waals surface area (Å²) in [6.07, 6.45) is 3.26. The summed E-state index contributed by atoms with van der Waals surface area (Å²) < 4.78 is 5.63. The number of phenolic OH excluding ortho intramolecular Hbond substituents is 1. The number of anilines is 1. The molecule has 10 nitrogen and oxygen atoms in total. The Morgan fingerprint density at radius 3 is 2.55 bits per heavy atom. The van der Waals surface area contributed by atoms with Crippen LogP contribution in [0.5, 0.6) is 11.5 Å². The minimum atomic E-state index is -0.881. The van der Waals surface area contributed by atoms with Crippen LogP contribution in [0.15, 0.2) is 75.8 Å². The Morgan fingerprint density at radius 2 is 1.82 bits per heavy atom. The molecule has 6 rings (SSSR count). The molecule has 1 heterocycles. The first-order valence-corrected chi connectivity index (χ1v) is 13.3. The van der Waals surface area contributed by atoms with Crippen LogP contribution in [-0.4, -0.2) is 40.5 Å². The molecule has 4 atom stereocenters. The number of allylic oxidation sites excluding steroid dienone is 6. The summed E-state index contributed by atoms with van der Waals surface area (Å²) in [7, 11) is 1.43. The number of ether oxygens (including phenoxy) is 1. The number of phenols is 1. The molecule has 4 aliphatic rings. The van der Waals surface area contributed by atoms with E-state index in [4.69, 9.17) is 4.74 Å². The van der Waals surface area contributed by atoms with Crippen LogP contribution in [0.25, 0.3) is 0 Å². The third kappa shape index (κ3) is 3.68. The third-order valence-electron chi connectivity index (χ3n) is 8.18. The Kier molecular flexibility index (Phi) is 6.06. The lowest BCUT2D eigenvalue weighted by Gasteiger charge is -2.42. The number of nitro groups is 1. The van der Waals surface area contributed by atoms with Gasteiger partial charge in [0.2, 0.25) is 11.8 Å². The summed E-state index contributed by atoms with van der Waals surface area (Å²) in [4.78, 5) is 66.0. The molecule has 3 aliphatic carbocycles. The van der Waals surface area contributed by atoms with Crippen molar-refractivity contribution in [2.45, 2.75) is 18.8 Å². The van der Waals surface area contributed by atoms with E-state index >= 15 is 0 Å². The normalized spacial score (nSPS) is 25.7. The van der Waals surface area contributed by atoms with Gasteiger partial charge in [0, 0.05) is 40.8 Å². The van der Waals surface area contributed by atoms with E-state index in [-0.39, 0.29) is 45.6 Å². The smallest absolute Gasteiger partial charge is 0.271 e. The molecule has 0 spiro atoms. The number of hydrogen-bond acceptors (Lipinski definition) is 8. The monoisotopic (exact) mass is 604 g/mol. The lowest BCUT2D eigenvalue weighted by Crippen LogP contribution is -2.39. The molecule has 1 saturated heterocycles. The van der Waals surface area contributed by atoms with Crippen molar-refractivity contribution in [1.29, 1.82) is 0 Å². The number of ketones is 2. The average Bonchev–Trinajstić information content (AvgIpc) is 3.20. The van der Waals surface area contributed by atoms with E-state index in [1.807, 2.05) is 6.08 Å². The standard InChI is InChI=1S/C29H21BrN2O8/c1-40-22-7-3-6-20(33)26(22)25-15-8-9-16-23(17(15)11-18-24(25)21(34)12-19(30)27(18)35)29(37)31(28(16)36)13-4-2-5-14(10-13)32(38)39/h2-8,10,12,16-17,23,25,33H,9,11H2,1H3. The minimum absolute atomic E-state index is 0.0457. The highest BCUT2D eigenvalue weighted by Gasteiger charge is 2.57. The molecule has 4 unspecified atom stereocenters. The fourth-order valence-electron chi connectivity index (χ4n) is 6.54. The van der Waals surface area contributed by atoms with E-state index < -0.39 is 52.0 Å². The number of hydrogen-bond donors (Lipinski definition) is 1. The second kappa shape index (κ2) is 9.37. The number of nitro benzene ring substituents is 1. The zero-order chi connectivity index (χ0) is 28.5. The molecule has 0 radical (unpaired) electrons. The number of fused-ring (bicyclic) bond motifs is 3. The van der Waals surface area contributed by atoms with Crippen molar-refractivity contribution in [2.24, 2.45) is 17.8 Å². The largest absolute Gasteiger partial charge is 0.507 e. The number of methoxy groups -OCH3 is 1. The summed E-state index contributed by atoms with van der Waals surface area (Å²) in [6.45, 7) is 0. The first-order chi connectivity index (χ1) is 19.1. The van der Waals surface area contributed by atoms with Gasteiger partial charge in [-0.25, -0.2) is 4.90 Å². The zero-order valence-electron chi connectivity index (χ0n) is 21.0. The fourth-order valence-corrected chi connectivity index (χ4v) is 6.99. The first kappa shape index (κ1) is 25.9. The average molecular weight is 605 g/mol. The second-order valence-corrected chi connectivity index (χ2v) is 10.9. The number of rotatable bonds is 4. The van der Waals surface area contributed by atoms with Crippen molar-refractivity contribution in [3.63, 3.8) is 0 Å². The van der Waals surface area contributed by atoms with Crippen molar-refractivity contribution >= 4 is 50.7 Å². The molecular weight excluding hydrogens is 584 g/mol. The molecule has 11 heteroatoms. The van der Waals surface area contributed by atoms with Crippen molar-refractivity contribution < 1.29 is 33.9 Å². The van der Waals surface area contributed by atoms with Crippen LogP contribution in [0.4, 0.5) is 11.4 Å². The molecule has 2 aromatic carbocycles. The first-order valence-electron chi connectivity index (χ1n) is 12.5. The number of halogens is 1. The number of nitrogens with zero attached hydrogens (tertiary/aromatic N) is 2. The Bertz CT molecular complexity index is 1650. The summed E-state index contributed by atoms with van der Waals surface area (Å²) >= 11 is 3.18. The number of amides is 2. The third-order valence-corrected chi connectivity index (χ3v) is 8.77. The number of imide groups is 1. The number of non-ortho nitro benzene ring substituents is 1. The van der Waals surface area contributed by atoms with Crippen molar-refractivity contribution in [3.05, 3.63) is 91.5 Å². The SMILES string of the molecule is COc1cccc(O)c1C1C2=CCC3C(=O)N(c4cccc([N+](=O)[O-])c4)C(=O)C3C2CC2=C1C(=O)C=C(Br)C2=O. The molecule has 0 saturated carbocycles. The Hall–Kier alpha value is -4.38. The van der Waals surface area contributed by atoms with Crippen LogP contribution < -0.4 is 9.64 Å². The van der Waals surface area contributed by atoms with Crippen LogP contribution >= 0.6 is 15.9 Å². The quantitative estimate of drug-likeness (QED) is 0.179. The molecular formula is C29H21BrN2O8. The van der Waals surface area contributed by atoms with Gasteiger partial charge in [-0.15, -0.1) is 0 Å². The van der Waals surface area contributed by atoms with Crippen molar-refractivity contribution in [2.75, 3.05) is 12.0 Å². The maximum absolute atomic E-state index is 13.9. The van der Waals surface area contributed by atoms with Crippen LogP contribution in [0.1, 0.15) is 24.3 Å². The lowest BCUT2D eigenvalue weighted by atomic mass is 9.59. The fraction of sp³-hybridized carbons (Fsp3) is 0.241. The van der Waals surface area contributed by atoms with Gasteiger partial charge >= 0.3 is 0 Å². The summed E-state index contributed by atoms with van der Waals surface area (Å²) in [5.74, 6) is -4.77. The van der Waals surface area contributed by atoms with E-state index in [0.29, 0.717) is 16.9 Å². The van der Waals surface area contributed by atoms with Crippen LogP contribution in [0.3, 0.4) is 0 Å². The molecule has 0 bridgehead atoms. The predicted molar refractivity (Wildman–Crippen MR) is 145 cm³/mol. The van der Waals surface area contributed by atoms with Crippen LogP contribution in [0, 0.1) is 27.9 Å². The van der Waals surface area contributed by atoms with Gasteiger partial charge in [-0.3, -0.25) is 29.3 Å². The molecule has 1 fully saturated rings. The van der Waals surface area contributed by atoms with Crippen LogP contribution in [0.2, 0.25) is 0 Å². The Morgan fingerprint density at radius 1 is 1.07 bits per heavy atom. The number of carbonyl (C=O) groups is 4. The van der Waals surface area contributed by atoms with E-state index in [9.17, 15) is 34.4 Å². The number of carbonyl (C=O) groups excluding carboxylic acids is 4. The van der Waals surface area contributed by atoms with Gasteiger partial charge in [-0.2, -0.15) is 0 Å². The Labute approximate surface area is 235 Å². The minimum Gasteiger partial charge on any atom is -0.507 e. The molecule has 2 aromatic rings. The molecule has 1 N–H and O–H groups in total. The van der Waals surface area contributed by atoms with Crippen molar-refractivity contribution in [3.8, 4) is 11.5 Å². The van der Waals surface area contributed by atoms with Crippen molar-refractivity contribution in [1.82, 2.24) is 0 Å². The number of aromatic hydroxyl groups is 1. The molecule has 40 heavy (non-hydrogen) atoms. The topological polar surface area (TPSA) is 144 Å². The van der Waals surface area contributed by atoms with Gasteiger partial charge in [0.05, 0.1) is 34.0 Å². The second-order valence-electron chi connectivity index (χ2n) is 10.1. The summed E-state index contributed by atoms with van der Waals surface area (Å²) in [5.41, 5.74) is 1.22. The van der Waals surface area contributed by atoms with E-state index in [2.05, 4.69) is 15.9 Å². The highest BCUT2D eigenvalue weighted by Crippen LogP contribution is 2.57. The van der Waals surface area contributed by atoms with E-state index in [1.165, 1.54) is 43.5 Å². The van der Waals surface area contributed by atoms with Gasteiger partial charge in [0.25, 0.3) is 5.69 Å². The molecule has 202 valence electrons. The number of benzene rings is 2.